The smallest absolute Gasteiger partial charge is 0.258 e. The quantitative estimate of drug-likeness (QED) is 0.465. The van der Waals surface area contributed by atoms with Gasteiger partial charge in [-0.05, 0) is 65.8 Å². The van der Waals surface area contributed by atoms with Gasteiger partial charge in [0.25, 0.3) is 5.89 Å². The summed E-state index contributed by atoms with van der Waals surface area (Å²) in [6.07, 6.45) is -0.0447. The van der Waals surface area contributed by atoms with E-state index in [4.69, 9.17) is 64.2 Å². The molecule has 0 unspecified atom stereocenters. The summed E-state index contributed by atoms with van der Waals surface area (Å²) >= 11 is 0. The maximum atomic E-state index is 10.0. The van der Waals surface area contributed by atoms with Gasteiger partial charge in [0.05, 0.1) is 58.7 Å². The molecule has 1 aromatic heterocycles. The fourth-order valence-corrected chi connectivity index (χ4v) is 4.21. The fraction of sp³-hybridized carbons (Fsp3) is 0.348. The van der Waals surface area contributed by atoms with Crippen molar-refractivity contribution in [2.45, 2.75) is 47.8 Å². The van der Waals surface area contributed by atoms with Crippen LogP contribution in [0.1, 0.15) is 30.5 Å². The minimum atomic E-state index is -2.56. The molecule has 0 aliphatic heterocycles. The number of rotatable bonds is 7. The van der Waals surface area contributed by atoms with Gasteiger partial charge in [-0.3, -0.25) is 0 Å². The molecule has 0 saturated heterocycles. The van der Waals surface area contributed by atoms with Crippen LogP contribution in [-0.4, -0.2) is 87.0 Å². The zero-order valence-electron chi connectivity index (χ0n) is 20.4. The Hall–Kier alpha value is -2.76. The monoisotopic (exact) mass is 474 g/mol. The number of nitrogens with zero attached hydrogens (tertiary/aromatic N) is 3. The highest BCUT2D eigenvalue weighted by Gasteiger charge is 2.51. The van der Waals surface area contributed by atoms with E-state index in [1.54, 1.807) is 36.4 Å². The Morgan fingerprint density at radius 1 is 1.16 bits per heavy atom. The Balaban J connectivity index is 1.74. The Morgan fingerprint density at radius 2 is 1.86 bits per heavy atom. The Bertz CT molecular complexity index is 1380. The van der Waals surface area contributed by atoms with Gasteiger partial charge in [0.2, 0.25) is 5.82 Å². The molecule has 2 N–H and O–H groups in total. The van der Waals surface area contributed by atoms with Crippen LogP contribution in [0.4, 0.5) is 0 Å². The lowest BCUT2D eigenvalue weighted by Gasteiger charge is -2.52. The molecule has 1 heterocycles. The number of benzene rings is 2. The lowest BCUT2D eigenvalue weighted by molar-refractivity contribution is 0.162. The number of nitriles is 1. The second-order valence-electron chi connectivity index (χ2n) is 9.59. The van der Waals surface area contributed by atoms with Crippen molar-refractivity contribution in [1.82, 2.24) is 15.5 Å². The van der Waals surface area contributed by atoms with Crippen LogP contribution in [-0.2, 0) is 11.9 Å². The van der Waals surface area contributed by atoms with Gasteiger partial charge in [-0.15, -0.1) is 0 Å². The molecule has 14 heteroatoms. The van der Waals surface area contributed by atoms with Crippen LogP contribution in [0.5, 0.6) is 5.75 Å². The minimum absolute atomic E-state index is 0.0509. The van der Waals surface area contributed by atoms with E-state index in [1.165, 1.54) is 0 Å². The summed E-state index contributed by atoms with van der Waals surface area (Å²) in [7, 11) is 42.3. The van der Waals surface area contributed by atoms with Crippen molar-refractivity contribution in [1.29, 1.82) is 5.26 Å². The predicted octanol–water partition coefficient (Wildman–Crippen LogP) is -0.0434. The molecule has 4 rings (SSSR count). The summed E-state index contributed by atoms with van der Waals surface area (Å²) in [5.74, 6) is 0.865. The average Bonchev–Trinajstić information content (AvgIpc) is 3.34. The summed E-state index contributed by atoms with van der Waals surface area (Å²) in [6.45, 7) is 3.74. The molecule has 1 aliphatic carbocycles. The third-order valence-electron chi connectivity index (χ3n) is 6.25. The third-order valence-corrected chi connectivity index (χ3v) is 6.25. The number of hydrogen-bond acceptors (Lipinski definition) is 7. The number of aromatic nitrogens is 2. The molecule has 7 nitrogen and oxygen atoms in total. The van der Waals surface area contributed by atoms with E-state index in [0.717, 1.165) is 0 Å². The summed E-state index contributed by atoms with van der Waals surface area (Å²) < 4.78 is 11.2. The second kappa shape index (κ2) is 9.22. The van der Waals surface area contributed by atoms with E-state index in [0.29, 0.717) is 33.6 Å². The maximum Gasteiger partial charge on any atom is 0.258 e. The first-order valence-electron chi connectivity index (χ1n) is 11.3. The standard InChI is InChI=1S/C23H17B7N4O3/c1-11(2)36-17-7-6-12(8-13(17)10-31)19-32-18(33-37-19)14-4-3-5-16-15(14)9-20(24,25)21(16,26)34-22(27,28)23(29,30)35/h3-8,11,34-35H,9H2,1-2H3/t21-/m1/s1. The van der Waals surface area contributed by atoms with E-state index in [-0.39, 0.29) is 24.2 Å². The highest BCUT2D eigenvalue weighted by Crippen LogP contribution is 2.52. The fourth-order valence-electron chi connectivity index (χ4n) is 4.21. The topological polar surface area (TPSA) is 104 Å². The number of nitrogens with one attached hydrogen (secondary N) is 1. The number of ether oxygens (including phenoxy) is 1. The Kier molecular flexibility index (Phi) is 6.80. The largest absolute Gasteiger partial charge is 0.490 e. The van der Waals surface area contributed by atoms with Gasteiger partial charge in [-0.2, -0.15) is 10.2 Å². The SMILES string of the molecule is [B]C([B])(O)C([B])([B])N[C@]1([B])c2cccc(-c3noc(-c4ccc(OC(C)C)c(C#N)c4)n3)c2CC1([B])[B]. The zero-order valence-corrected chi connectivity index (χ0v) is 20.4. The molecule has 1 atom stereocenters. The van der Waals surface area contributed by atoms with Gasteiger partial charge in [0.15, 0.2) is 0 Å². The third kappa shape index (κ3) is 4.80. The summed E-state index contributed by atoms with van der Waals surface area (Å²) in [5, 5.41) is 19.8. The summed E-state index contributed by atoms with van der Waals surface area (Å²) in [6, 6.07) is 12.2. The van der Waals surface area contributed by atoms with Crippen molar-refractivity contribution in [2.75, 3.05) is 0 Å². The van der Waals surface area contributed by atoms with E-state index in [2.05, 4.69) is 21.5 Å². The van der Waals surface area contributed by atoms with Crippen LogP contribution in [0.3, 0.4) is 0 Å². The zero-order chi connectivity index (χ0) is 27.4. The molecule has 3 aromatic rings. The Labute approximate surface area is 225 Å². The van der Waals surface area contributed by atoms with Gasteiger partial charge in [0, 0.05) is 11.1 Å². The first-order valence-corrected chi connectivity index (χ1v) is 11.3. The van der Waals surface area contributed by atoms with Crippen LogP contribution < -0.4 is 10.1 Å². The van der Waals surface area contributed by atoms with Crippen molar-refractivity contribution in [3.05, 3.63) is 53.1 Å². The predicted molar refractivity (Wildman–Crippen MR) is 145 cm³/mol. The molecule has 0 spiro atoms. The molecule has 37 heavy (non-hydrogen) atoms. The number of aliphatic hydroxyl groups is 1. The van der Waals surface area contributed by atoms with Gasteiger partial charge in [0.1, 0.15) is 19.7 Å². The molecular formula is C23H17B7N4O3. The van der Waals surface area contributed by atoms with Crippen molar-refractivity contribution < 1.29 is 14.4 Å². The average molecular weight is 473 g/mol. The van der Waals surface area contributed by atoms with E-state index in [9.17, 15) is 10.4 Å². The molecule has 0 amide bonds. The van der Waals surface area contributed by atoms with Crippen LogP contribution in [0.15, 0.2) is 40.9 Å². The second-order valence-corrected chi connectivity index (χ2v) is 9.59. The van der Waals surface area contributed by atoms with E-state index < -0.39 is 21.4 Å². The highest BCUT2D eigenvalue weighted by atomic mass is 16.5. The molecular weight excluding hydrogens is 456 g/mol. The molecule has 1 aliphatic rings. The van der Waals surface area contributed by atoms with Gasteiger partial charge >= 0.3 is 0 Å². The van der Waals surface area contributed by atoms with Crippen LogP contribution in [0.2, 0.25) is 5.21 Å². The maximum absolute atomic E-state index is 10.0. The summed E-state index contributed by atoms with van der Waals surface area (Å²) in [4.78, 5) is 4.50. The first-order chi connectivity index (χ1) is 17.1. The Morgan fingerprint density at radius 3 is 2.49 bits per heavy atom. The number of hydrogen-bond donors (Lipinski definition) is 2. The van der Waals surface area contributed by atoms with Crippen LogP contribution in [0.25, 0.3) is 22.8 Å². The van der Waals surface area contributed by atoms with Crippen molar-refractivity contribution in [2.24, 2.45) is 0 Å². The van der Waals surface area contributed by atoms with Crippen molar-refractivity contribution in [3.8, 4) is 34.7 Å². The molecule has 0 bridgehead atoms. The van der Waals surface area contributed by atoms with Crippen LogP contribution >= 0.6 is 0 Å². The highest BCUT2D eigenvalue weighted by molar-refractivity contribution is 6.54. The first kappa shape index (κ1) is 27.3. The van der Waals surface area contributed by atoms with Gasteiger partial charge in [-0.1, -0.05) is 28.6 Å². The number of fused-ring (bicyclic) bond motifs is 1. The lowest BCUT2D eigenvalue weighted by atomic mass is 9.35. The molecule has 14 radical (unpaired) electrons. The van der Waals surface area contributed by atoms with Crippen LogP contribution in [0, 0.1) is 11.3 Å². The molecule has 168 valence electrons. The minimum Gasteiger partial charge on any atom is -0.490 e. The van der Waals surface area contributed by atoms with Crippen molar-refractivity contribution in [3.63, 3.8) is 0 Å². The normalized spacial score (nSPS) is 18.9. The van der Waals surface area contributed by atoms with Gasteiger partial charge < -0.3 is 19.7 Å². The molecule has 0 fully saturated rings. The van der Waals surface area contributed by atoms with E-state index >= 15 is 0 Å². The summed E-state index contributed by atoms with van der Waals surface area (Å²) in [5.41, 5.74) is 0.664. The lowest BCUT2D eigenvalue weighted by Crippen LogP contribution is -2.71. The molecule has 0 saturated carbocycles. The molecule has 2 aromatic carbocycles. The van der Waals surface area contributed by atoms with E-state index in [1.807, 2.05) is 13.8 Å². The van der Waals surface area contributed by atoms with Gasteiger partial charge in [-0.25, -0.2) is 0 Å². The van der Waals surface area contributed by atoms with Crippen molar-refractivity contribution >= 4 is 54.9 Å².